The lowest BCUT2D eigenvalue weighted by Crippen LogP contribution is -2.35. The van der Waals surface area contributed by atoms with Crippen molar-refractivity contribution in [2.75, 3.05) is 18.4 Å². The molecule has 0 atom stereocenters. The van der Waals surface area contributed by atoms with E-state index in [1.807, 2.05) is 10.7 Å². The number of sulfonamides is 1. The summed E-state index contributed by atoms with van der Waals surface area (Å²) < 4.78 is 29.1. The molecule has 2 aliphatic rings. The van der Waals surface area contributed by atoms with Crippen LogP contribution in [0.5, 0.6) is 0 Å². The number of piperidine rings is 1. The first-order chi connectivity index (χ1) is 15.9. The zero-order valence-corrected chi connectivity index (χ0v) is 19.4. The van der Waals surface area contributed by atoms with Gasteiger partial charge in [0.1, 0.15) is 5.39 Å². The lowest BCUT2D eigenvalue weighted by molar-refractivity contribution is 0.346. The largest absolute Gasteiger partial charge is 0.338 e. The van der Waals surface area contributed by atoms with E-state index in [4.69, 9.17) is 5.26 Å². The van der Waals surface area contributed by atoms with Crippen LogP contribution in [0.3, 0.4) is 0 Å². The first-order valence-corrected chi connectivity index (χ1v) is 12.6. The van der Waals surface area contributed by atoms with Gasteiger partial charge >= 0.3 is 0 Å². The molecule has 1 saturated heterocycles. The monoisotopic (exact) mass is 468 g/mol. The summed E-state index contributed by atoms with van der Waals surface area (Å²) in [6.07, 6.45) is 6.92. The molecule has 0 amide bonds. The number of hydrogen-bond donors (Lipinski definition) is 2. The minimum atomic E-state index is -3.46. The number of nitrogens with one attached hydrogen (secondary N) is 2. The number of benzene rings is 1. The van der Waals surface area contributed by atoms with Crippen molar-refractivity contribution >= 4 is 32.4 Å². The van der Waals surface area contributed by atoms with Crippen LogP contribution in [0.4, 0.5) is 11.5 Å². The number of pyridine rings is 1. The highest BCUT2D eigenvalue weighted by Crippen LogP contribution is 2.33. The molecule has 5 rings (SSSR count). The van der Waals surface area contributed by atoms with E-state index in [9.17, 15) is 13.2 Å². The van der Waals surface area contributed by atoms with Gasteiger partial charge in [-0.15, -0.1) is 0 Å². The Labute approximate surface area is 193 Å². The fraction of sp³-hybridized carbons (Fsp3) is 0.435. The molecule has 10 heteroatoms. The van der Waals surface area contributed by atoms with Crippen molar-refractivity contribution in [3.63, 3.8) is 0 Å². The van der Waals surface area contributed by atoms with Crippen molar-refractivity contribution in [1.29, 1.82) is 5.26 Å². The molecule has 2 fully saturated rings. The highest BCUT2D eigenvalue weighted by atomic mass is 32.2. The third kappa shape index (κ3) is 5.10. The van der Waals surface area contributed by atoms with Crippen LogP contribution in [-0.2, 0) is 16.6 Å². The van der Waals surface area contributed by atoms with E-state index in [0.717, 1.165) is 31.3 Å². The number of nitrogens with zero attached hydrogens (tertiary/aromatic N) is 4. The molecule has 174 valence electrons. The van der Waals surface area contributed by atoms with E-state index in [1.54, 1.807) is 40.8 Å². The second kappa shape index (κ2) is 9.77. The Kier molecular flexibility index (Phi) is 6.81. The molecule has 0 bridgehead atoms. The molecule has 0 unspecified atom stereocenters. The molecule has 9 nitrogen and oxygen atoms in total. The topological polar surface area (TPSA) is 124 Å². The maximum atomic E-state index is 12.8. The van der Waals surface area contributed by atoms with Gasteiger partial charge < -0.3 is 10.3 Å². The Hall–Kier alpha value is -3.16. The molecule has 1 aliphatic carbocycles. The number of aromatic amines is 1. The molecule has 1 aliphatic heterocycles. The average molecular weight is 469 g/mol. The maximum Gasteiger partial charge on any atom is 0.261 e. The quantitative estimate of drug-likeness (QED) is 0.570. The van der Waals surface area contributed by atoms with Gasteiger partial charge in [0.25, 0.3) is 5.56 Å². The molecular weight excluding hydrogens is 440 g/mol. The minimum absolute atomic E-state index is 0.193. The van der Waals surface area contributed by atoms with Crippen LogP contribution < -0.4 is 10.9 Å². The number of hydrogen-bond acceptors (Lipinski definition) is 6. The van der Waals surface area contributed by atoms with E-state index in [-0.39, 0.29) is 10.5 Å². The molecule has 3 aromatic rings. The smallest absolute Gasteiger partial charge is 0.261 e. The number of aromatic nitrogens is 3. The first-order valence-electron chi connectivity index (χ1n) is 11.2. The van der Waals surface area contributed by atoms with Crippen LogP contribution in [-0.4, -0.2) is 40.6 Å². The van der Waals surface area contributed by atoms with Gasteiger partial charge in [-0.1, -0.05) is 6.42 Å². The van der Waals surface area contributed by atoms with E-state index < -0.39 is 10.0 Å². The zero-order chi connectivity index (χ0) is 23.4. The van der Waals surface area contributed by atoms with Crippen LogP contribution in [0.2, 0.25) is 0 Å². The Balaban J connectivity index is 0.000000821. The summed E-state index contributed by atoms with van der Waals surface area (Å²) in [6, 6.07) is 10.3. The highest BCUT2D eigenvalue weighted by molar-refractivity contribution is 7.89. The van der Waals surface area contributed by atoms with Crippen molar-refractivity contribution in [1.82, 2.24) is 19.1 Å². The molecule has 3 heterocycles. The Morgan fingerprint density at radius 2 is 1.82 bits per heavy atom. The van der Waals surface area contributed by atoms with E-state index in [1.165, 1.54) is 19.8 Å². The summed E-state index contributed by atoms with van der Waals surface area (Å²) in [5.41, 5.74) is 1.30. The van der Waals surface area contributed by atoms with Crippen molar-refractivity contribution in [3.8, 4) is 6.07 Å². The van der Waals surface area contributed by atoms with Gasteiger partial charge in [-0.05, 0) is 61.9 Å². The second-order valence-corrected chi connectivity index (χ2v) is 10.3. The Bertz CT molecular complexity index is 1310. The van der Waals surface area contributed by atoms with Crippen LogP contribution in [0.25, 0.3) is 10.9 Å². The van der Waals surface area contributed by atoms with E-state index in [0.29, 0.717) is 35.9 Å². The molecule has 2 aromatic heterocycles. The summed E-state index contributed by atoms with van der Waals surface area (Å²) in [5.74, 6) is 1.11. The van der Waals surface area contributed by atoms with Crippen molar-refractivity contribution < 1.29 is 8.42 Å². The van der Waals surface area contributed by atoms with Crippen LogP contribution in [0.1, 0.15) is 39.0 Å². The summed E-state index contributed by atoms with van der Waals surface area (Å²) in [6.45, 7) is 3.39. The van der Waals surface area contributed by atoms with E-state index in [2.05, 4.69) is 15.4 Å². The van der Waals surface area contributed by atoms with Gasteiger partial charge in [0.2, 0.25) is 10.0 Å². The molecular formula is C23H28N6O3S. The van der Waals surface area contributed by atoms with Gasteiger partial charge in [-0.2, -0.15) is 14.7 Å². The Morgan fingerprint density at radius 1 is 1.15 bits per heavy atom. The lowest BCUT2D eigenvalue weighted by atomic mass is 10.2. The van der Waals surface area contributed by atoms with Gasteiger partial charge in [0.05, 0.1) is 16.5 Å². The molecule has 2 N–H and O–H groups in total. The number of anilines is 2. The molecule has 0 radical (unpaired) electrons. The Morgan fingerprint density at radius 3 is 2.45 bits per heavy atom. The van der Waals surface area contributed by atoms with Gasteiger partial charge in [-0.3, -0.25) is 9.48 Å². The van der Waals surface area contributed by atoms with Crippen molar-refractivity contribution in [2.24, 2.45) is 5.92 Å². The average Bonchev–Trinajstić information content (AvgIpc) is 3.57. The molecule has 1 saturated carbocycles. The molecule has 1 aromatic carbocycles. The van der Waals surface area contributed by atoms with Crippen LogP contribution >= 0.6 is 0 Å². The minimum Gasteiger partial charge on any atom is -0.338 e. The fourth-order valence-electron chi connectivity index (χ4n) is 4.01. The number of fused-ring (bicyclic) bond motifs is 1. The second-order valence-electron chi connectivity index (χ2n) is 8.38. The normalized spacial score (nSPS) is 16.6. The first kappa shape index (κ1) is 23.0. The predicted octanol–water partition coefficient (Wildman–Crippen LogP) is 3.58. The third-order valence-electron chi connectivity index (χ3n) is 5.87. The summed E-state index contributed by atoms with van der Waals surface area (Å²) in [7, 11) is -3.46. The molecule has 33 heavy (non-hydrogen) atoms. The van der Waals surface area contributed by atoms with E-state index >= 15 is 0 Å². The third-order valence-corrected chi connectivity index (χ3v) is 7.79. The summed E-state index contributed by atoms with van der Waals surface area (Å²) in [4.78, 5) is 15.4. The summed E-state index contributed by atoms with van der Waals surface area (Å²) >= 11 is 0. The standard InChI is InChI=1S/C21H25N5O3S.C2H3N/c27-21-19-18(10-11-22-21)26(14-15-4-5-15)24-20(19)23-16-6-8-17(9-7-16)30(28,29)25-12-2-1-3-13-25;1-2-3/h6-11,15H,1-5,12-14H2,(H,22,27)(H,23,24);1H3. The van der Waals surface area contributed by atoms with Gasteiger partial charge in [0, 0.05) is 38.4 Å². The number of H-pyrrole nitrogens is 1. The maximum absolute atomic E-state index is 12.8. The van der Waals surface area contributed by atoms with Crippen LogP contribution in [0, 0.1) is 17.2 Å². The van der Waals surface area contributed by atoms with Gasteiger partial charge in [-0.25, -0.2) is 8.42 Å². The molecule has 0 spiro atoms. The number of nitriles is 1. The predicted molar refractivity (Wildman–Crippen MR) is 127 cm³/mol. The number of rotatable bonds is 6. The van der Waals surface area contributed by atoms with Gasteiger partial charge in [0.15, 0.2) is 5.82 Å². The lowest BCUT2D eigenvalue weighted by Gasteiger charge is -2.25. The summed E-state index contributed by atoms with van der Waals surface area (Å²) in [5, 5.41) is 15.7. The van der Waals surface area contributed by atoms with Crippen LogP contribution in [0.15, 0.2) is 46.2 Å². The fourth-order valence-corrected chi connectivity index (χ4v) is 5.53. The van der Waals surface area contributed by atoms with Crippen molar-refractivity contribution in [3.05, 3.63) is 46.9 Å². The van der Waals surface area contributed by atoms with Crippen molar-refractivity contribution in [2.45, 2.75) is 50.5 Å². The highest BCUT2D eigenvalue weighted by Gasteiger charge is 2.26. The zero-order valence-electron chi connectivity index (χ0n) is 18.6. The SMILES string of the molecule is CC#N.O=c1[nH]ccc2c1c(Nc1ccc(S(=O)(=O)N3CCCCC3)cc1)nn2CC1CC1.